The highest BCUT2D eigenvalue weighted by Gasteiger charge is 2.09. The number of hydrogen-bond acceptors (Lipinski definition) is 4. The minimum atomic E-state index is 0.326. The summed E-state index contributed by atoms with van der Waals surface area (Å²) in [7, 11) is 0. The monoisotopic (exact) mass is 228 g/mol. The van der Waals surface area contributed by atoms with E-state index in [-0.39, 0.29) is 0 Å². The van der Waals surface area contributed by atoms with Crippen molar-refractivity contribution in [1.29, 1.82) is 0 Å². The second kappa shape index (κ2) is 3.44. The van der Waals surface area contributed by atoms with Gasteiger partial charge in [0.15, 0.2) is 0 Å². The van der Waals surface area contributed by atoms with Crippen molar-refractivity contribution in [3.05, 3.63) is 17.5 Å². The summed E-state index contributed by atoms with van der Waals surface area (Å²) in [6.45, 7) is 0. The van der Waals surface area contributed by atoms with Crippen molar-refractivity contribution in [1.82, 2.24) is 0 Å². The minimum absolute atomic E-state index is 0.326. The van der Waals surface area contributed by atoms with Gasteiger partial charge in [0.1, 0.15) is 5.75 Å². The van der Waals surface area contributed by atoms with E-state index in [1.54, 1.807) is 29.2 Å². The number of hydrogen-bond donors (Lipinski definition) is 2. The van der Waals surface area contributed by atoms with Gasteiger partial charge in [0.05, 0.1) is 9.60 Å². The van der Waals surface area contributed by atoms with Gasteiger partial charge in [-0.05, 0) is 23.8 Å². The van der Waals surface area contributed by atoms with Gasteiger partial charge in [-0.1, -0.05) is 0 Å². The van der Waals surface area contributed by atoms with Gasteiger partial charge >= 0.3 is 0 Å². The molecule has 2 rings (SSSR count). The predicted octanol–water partition coefficient (Wildman–Crippen LogP) is 3.62. The average molecular weight is 228 g/mol. The zero-order chi connectivity index (χ0) is 9.42. The van der Waals surface area contributed by atoms with Crippen LogP contribution >= 0.6 is 35.7 Å². The number of aromatic hydroxyl groups is 1. The Hall–Kier alpha value is -0.320. The first-order chi connectivity index (χ1) is 6.24. The maximum absolute atomic E-state index is 9.64. The molecule has 0 amide bonds. The quantitative estimate of drug-likeness (QED) is 0.574. The molecule has 1 aromatic carbocycles. The summed E-state index contributed by atoms with van der Waals surface area (Å²) in [5.74, 6) is 0.326. The van der Waals surface area contributed by atoms with Gasteiger partial charge in [0.2, 0.25) is 0 Å². The molecule has 2 aromatic rings. The maximum atomic E-state index is 9.64. The molecule has 0 saturated carbocycles. The molecule has 0 aliphatic heterocycles. The molecule has 0 aliphatic rings. The van der Waals surface area contributed by atoms with E-state index in [0.29, 0.717) is 5.75 Å². The molecule has 68 valence electrons. The Morgan fingerprint density at radius 1 is 1.54 bits per heavy atom. The van der Waals surface area contributed by atoms with Crippen molar-refractivity contribution >= 4 is 45.8 Å². The van der Waals surface area contributed by atoms with Crippen LogP contribution in [0.15, 0.2) is 27.3 Å². The molecule has 0 atom stereocenters. The zero-order valence-corrected chi connectivity index (χ0v) is 9.47. The molecule has 0 spiro atoms. The number of fused-ring (bicyclic) bond motifs is 1. The predicted molar refractivity (Wildman–Crippen MR) is 62.5 cm³/mol. The standard InChI is InChI=1S/C9H8OS3/c1-12-9-6(10)4-7(11)5-2-3-13-8(5)9/h2-4,10-11H,1H3. The molecular weight excluding hydrogens is 220 g/mol. The first-order valence-electron chi connectivity index (χ1n) is 3.70. The molecule has 1 nitrogen and oxygen atoms in total. The molecule has 0 aliphatic carbocycles. The SMILES string of the molecule is CSc1c(O)cc(S)c2ccsc12. The van der Waals surface area contributed by atoms with Crippen LogP contribution in [0.1, 0.15) is 0 Å². The van der Waals surface area contributed by atoms with Crippen molar-refractivity contribution in [3.63, 3.8) is 0 Å². The smallest absolute Gasteiger partial charge is 0.131 e. The summed E-state index contributed by atoms with van der Waals surface area (Å²) >= 11 is 7.51. The summed E-state index contributed by atoms with van der Waals surface area (Å²) in [4.78, 5) is 1.79. The number of phenols is 1. The van der Waals surface area contributed by atoms with E-state index in [9.17, 15) is 5.11 Å². The summed E-state index contributed by atoms with van der Waals surface area (Å²) in [5.41, 5.74) is 0. The van der Waals surface area contributed by atoms with Crippen LogP contribution in [0.2, 0.25) is 0 Å². The molecule has 0 fully saturated rings. The second-order valence-electron chi connectivity index (χ2n) is 2.61. The van der Waals surface area contributed by atoms with Crippen LogP contribution in [-0.4, -0.2) is 11.4 Å². The average Bonchev–Trinajstić information content (AvgIpc) is 2.53. The van der Waals surface area contributed by atoms with Crippen LogP contribution in [0.25, 0.3) is 10.1 Å². The van der Waals surface area contributed by atoms with E-state index < -0.39 is 0 Å². The molecule has 0 bridgehead atoms. The normalized spacial score (nSPS) is 10.9. The van der Waals surface area contributed by atoms with Crippen LogP contribution in [0.3, 0.4) is 0 Å². The summed E-state index contributed by atoms with van der Waals surface area (Å²) < 4.78 is 1.12. The van der Waals surface area contributed by atoms with Crippen LogP contribution in [0.5, 0.6) is 5.75 Å². The fourth-order valence-corrected chi connectivity index (χ4v) is 3.47. The Bertz CT molecular complexity index is 447. The molecule has 1 aromatic heterocycles. The molecule has 13 heavy (non-hydrogen) atoms. The van der Waals surface area contributed by atoms with Crippen molar-refractivity contribution < 1.29 is 5.11 Å². The largest absolute Gasteiger partial charge is 0.507 e. The van der Waals surface area contributed by atoms with Crippen LogP contribution in [0.4, 0.5) is 0 Å². The maximum Gasteiger partial charge on any atom is 0.131 e. The Kier molecular flexibility index (Phi) is 2.45. The Morgan fingerprint density at radius 2 is 2.31 bits per heavy atom. The van der Waals surface area contributed by atoms with Crippen molar-refractivity contribution in [2.75, 3.05) is 6.26 Å². The lowest BCUT2D eigenvalue weighted by Crippen LogP contribution is -1.75. The first-order valence-corrected chi connectivity index (χ1v) is 6.25. The van der Waals surface area contributed by atoms with Crippen molar-refractivity contribution in [3.8, 4) is 5.75 Å². The Morgan fingerprint density at radius 3 is 3.00 bits per heavy atom. The molecular formula is C9H8OS3. The third-order valence-corrected chi connectivity index (χ3v) is 4.11. The van der Waals surface area contributed by atoms with Gasteiger partial charge in [-0.25, -0.2) is 0 Å². The third kappa shape index (κ3) is 1.43. The summed E-state index contributed by atoms with van der Waals surface area (Å²) in [6, 6.07) is 3.73. The molecule has 0 unspecified atom stereocenters. The lowest BCUT2D eigenvalue weighted by atomic mass is 10.2. The topological polar surface area (TPSA) is 20.2 Å². The minimum Gasteiger partial charge on any atom is -0.507 e. The highest BCUT2D eigenvalue weighted by Crippen LogP contribution is 2.40. The van der Waals surface area contributed by atoms with Crippen LogP contribution < -0.4 is 0 Å². The number of thiol groups is 1. The van der Waals surface area contributed by atoms with Crippen molar-refractivity contribution in [2.24, 2.45) is 0 Å². The number of benzene rings is 1. The molecule has 0 saturated heterocycles. The molecule has 1 heterocycles. The number of thiophene rings is 1. The second-order valence-corrected chi connectivity index (χ2v) is 4.83. The van der Waals surface area contributed by atoms with Gasteiger partial charge < -0.3 is 5.11 Å². The van der Waals surface area contributed by atoms with Crippen molar-refractivity contribution in [2.45, 2.75) is 9.79 Å². The number of thioether (sulfide) groups is 1. The van der Waals surface area contributed by atoms with Gasteiger partial charge in [0.25, 0.3) is 0 Å². The Balaban J connectivity index is 2.88. The number of rotatable bonds is 1. The molecule has 4 heteroatoms. The highest BCUT2D eigenvalue weighted by molar-refractivity contribution is 7.99. The van der Waals surface area contributed by atoms with Gasteiger partial charge in [-0.2, -0.15) is 0 Å². The van der Waals surface area contributed by atoms with E-state index in [1.807, 2.05) is 17.7 Å². The summed E-state index contributed by atoms with van der Waals surface area (Å²) in [5, 5.41) is 12.8. The molecule has 0 radical (unpaired) electrons. The van der Waals surface area contributed by atoms with Gasteiger partial charge in [-0.15, -0.1) is 35.7 Å². The van der Waals surface area contributed by atoms with E-state index in [2.05, 4.69) is 12.6 Å². The zero-order valence-electron chi connectivity index (χ0n) is 6.94. The van der Waals surface area contributed by atoms with E-state index in [0.717, 1.165) is 19.9 Å². The highest BCUT2D eigenvalue weighted by atomic mass is 32.2. The number of phenolic OH excluding ortho intramolecular Hbond substituents is 1. The lowest BCUT2D eigenvalue weighted by molar-refractivity contribution is 0.463. The van der Waals surface area contributed by atoms with Gasteiger partial charge in [0, 0.05) is 10.3 Å². The van der Waals surface area contributed by atoms with E-state index >= 15 is 0 Å². The van der Waals surface area contributed by atoms with Crippen LogP contribution in [-0.2, 0) is 0 Å². The fraction of sp³-hybridized carbons (Fsp3) is 0.111. The first kappa shape index (κ1) is 9.24. The third-order valence-electron chi connectivity index (χ3n) is 1.86. The van der Waals surface area contributed by atoms with Gasteiger partial charge in [-0.3, -0.25) is 0 Å². The van der Waals surface area contributed by atoms with E-state index in [1.165, 1.54) is 0 Å². The lowest BCUT2D eigenvalue weighted by Gasteiger charge is -2.04. The Labute approximate surface area is 90.2 Å². The summed E-state index contributed by atoms with van der Waals surface area (Å²) in [6.07, 6.45) is 1.96. The fourth-order valence-electron chi connectivity index (χ4n) is 1.27. The molecule has 1 N–H and O–H groups in total. The van der Waals surface area contributed by atoms with Crippen LogP contribution in [0, 0.1) is 0 Å². The van der Waals surface area contributed by atoms with E-state index in [4.69, 9.17) is 0 Å².